The number of anilines is 1. The summed E-state index contributed by atoms with van der Waals surface area (Å²) in [5.74, 6) is -0.102. The molecule has 0 heterocycles. The molecule has 2 rings (SSSR count). The maximum atomic E-state index is 12.6. The minimum atomic E-state index is -0.421. The summed E-state index contributed by atoms with van der Waals surface area (Å²) in [4.78, 5) is 24.9. The molecule has 0 radical (unpaired) electrons. The SMILES string of the molecule is CCCc1ccc([C@@H](N[C@@H](C)C(=O)NCC(=O)Nc2c(C)cccc2C)C(C)C)cc1. The lowest BCUT2D eigenvalue weighted by atomic mass is 9.94. The van der Waals surface area contributed by atoms with Crippen LogP contribution in [-0.2, 0) is 16.0 Å². The van der Waals surface area contributed by atoms with Gasteiger partial charge in [0.05, 0.1) is 12.6 Å². The van der Waals surface area contributed by atoms with E-state index in [2.05, 4.69) is 61.0 Å². The van der Waals surface area contributed by atoms with Crippen LogP contribution < -0.4 is 16.0 Å². The van der Waals surface area contributed by atoms with Crippen LogP contribution in [0.15, 0.2) is 42.5 Å². The van der Waals surface area contributed by atoms with Crippen LogP contribution in [0.1, 0.15) is 62.4 Å². The number of carbonyl (C=O) groups excluding carboxylic acids is 2. The van der Waals surface area contributed by atoms with Gasteiger partial charge in [0.2, 0.25) is 11.8 Å². The average Bonchev–Trinajstić information content (AvgIpc) is 2.73. The molecular weight excluding hydrogens is 386 g/mol. The van der Waals surface area contributed by atoms with Gasteiger partial charge in [0.25, 0.3) is 0 Å². The van der Waals surface area contributed by atoms with Crippen LogP contribution >= 0.6 is 0 Å². The molecule has 2 aromatic carbocycles. The van der Waals surface area contributed by atoms with E-state index in [1.54, 1.807) is 0 Å². The molecular formula is C26H37N3O2. The lowest BCUT2D eigenvalue weighted by Crippen LogP contribution is -2.46. The molecule has 2 amide bonds. The molecule has 0 aliphatic carbocycles. The number of para-hydroxylation sites is 1. The zero-order valence-corrected chi connectivity index (χ0v) is 19.7. The van der Waals surface area contributed by atoms with E-state index in [4.69, 9.17) is 0 Å². The summed E-state index contributed by atoms with van der Waals surface area (Å²) in [5, 5.41) is 9.08. The van der Waals surface area contributed by atoms with Gasteiger partial charge in [0.1, 0.15) is 0 Å². The highest BCUT2D eigenvalue weighted by Gasteiger charge is 2.22. The quantitative estimate of drug-likeness (QED) is 0.519. The number of aryl methyl sites for hydroxylation is 3. The molecule has 0 bridgehead atoms. The Balaban J connectivity index is 1.92. The first kappa shape index (κ1) is 24.6. The molecule has 0 aliphatic heterocycles. The molecule has 2 atom stereocenters. The van der Waals surface area contributed by atoms with Gasteiger partial charge in [-0.15, -0.1) is 0 Å². The second kappa shape index (κ2) is 11.7. The molecule has 0 unspecified atom stereocenters. The molecule has 0 saturated carbocycles. The van der Waals surface area contributed by atoms with Gasteiger partial charge in [-0.1, -0.05) is 69.7 Å². The highest BCUT2D eigenvalue weighted by Crippen LogP contribution is 2.23. The van der Waals surface area contributed by atoms with Crippen molar-refractivity contribution < 1.29 is 9.59 Å². The van der Waals surface area contributed by atoms with Crippen LogP contribution in [0.5, 0.6) is 0 Å². The van der Waals surface area contributed by atoms with Crippen molar-refractivity contribution in [1.82, 2.24) is 10.6 Å². The number of nitrogens with one attached hydrogen (secondary N) is 3. The van der Waals surface area contributed by atoms with E-state index in [1.165, 1.54) is 11.1 Å². The number of hydrogen-bond donors (Lipinski definition) is 3. The van der Waals surface area contributed by atoms with Crippen LogP contribution in [0, 0.1) is 19.8 Å². The van der Waals surface area contributed by atoms with Gasteiger partial charge in [-0.05, 0) is 55.4 Å². The van der Waals surface area contributed by atoms with E-state index in [0.29, 0.717) is 5.92 Å². The molecule has 0 aliphatic rings. The van der Waals surface area contributed by atoms with Crippen LogP contribution in [-0.4, -0.2) is 24.4 Å². The van der Waals surface area contributed by atoms with Crippen LogP contribution in [0.25, 0.3) is 0 Å². The van der Waals surface area contributed by atoms with E-state index >= 15 is 0 Å². The fraction of sp³-hybridized carbons (Fsp3) is 0.462. The van der Waals surface area contributed by atoms with Gasteiger partial charge in [0.15, 0.2) is 0 Å². The number of carbonyl (C=O) groups is 2. The summed E-state index contributed by atoms with van der Waals surface area (Å²) < 4.78 is 0. The van der Waals surface area contributed by atoms with E-state index in [0.717, 1.165) is 29.7 Å². The summed E-state index contributed by atoms with van der Waals surface area (Å²) >= 11 is 0. The van der Waals surface area contributed by atoms with Crippen LogP contribution in [0.4, 0.5) is 5.69 Å². The van der Waals surface area contributed by atoms with Crippen LogP contribution in [0.2, 0.25) is 0 Å². The lowest BCUT2D eigenvalue weighted by Gasteiger charge is -2.26. The van der Waals surface area contributed by atoms with E-state index < -0.39 is 6.04 Å². The number of amides is 2. The Kier molecular flexibility index (Phi) is 9.25. The maximum Gasteiger partial charge on any atom is 0.243 e. The van der Waals surface area contributed by atoms with Gasteiger partial charge in [-0.2, -0.15) is 0 Å². The van der Waals surface area contributed by atoms with Crippen LogP contribution in [0.3, 0.4) is 0 Å². The minimum absolute atomic E-state index is 0.0554. The predicted octanol–water partition coefficient (Wildman–Crippen LogP) is 4.69. The normalized spacial score (nSPS) is 13.0. The molecule has 5 nitrogen and oxygen atoms in total. The van der Waals surface area contributed by atoms with Gasteiger partial charge < -0.3 is 10.6 Å². The first-order valence-electron chi connectivity index (χ1n) is 11.2. The average molecular weight is 424 g/mol. The Morgan fingerprint density at radius 1 is 0.935 bits per heavy atom. The topological polar surface area (TPSA) is 70.2 Å². The van der Waals surface area contributed by atoms with Gasteiger partial charge in [-0.3, -0.25) is 14.9 Å². The molecule has 0 aromatic heterocycles. The summed E-state index contributed by atoms with van der Waals surface area (Å²) in [5.41, 5.74) is 5.30. The molecule has 168 valence electrons. The van der Waals surface area contributed by atoms with Crippen molar-refractivity contribution in [2.45, 2.75) is 66.5 Å². The van der Waals surface area contributed by atoms with Crippen molar-refractivity contribution in [3.05, 3.63) is 64.7 Å². The third kappa shape index (κ3) is 7.21. The number of rotatable bonds is 10. The van der Waals surface area contributed by atoms with Crippen molar-refractivity contribution in [3.63, 3.8) is 0 Å². The third-order valence-electron chi connectivity index (χ3n) is 5.54. The zero-order chi connectivity index (χ0) is 23.0. The summed E-state index contributed by atoms with van der Waals surface area (Å²) in [6.45, 7) is 12.1. The smallest absolute Gasteiger partial charge is 0.243 e. The highest BCUT2D eigenvalue weighted by molar-refractivity contribution is 5.96. The first-order chi connectivity index (χ1) is 14.7. The Morgan fingerprint density at radius 3 is 2.10 bits per heavy atom. The Bertz CT molecular complexity index is 854. The summed E-state index contributed by atoms with van der Waals surface area (Å²) in [6.07, 6.45) is 2.20. The Hall–Kier alpha value is -2.66. The second-order valence-corrected chi connectivity index (χ2v) is 8.63. The molecule has 31 heavy (non-hydrogen) atoms. The third-order valence-corrected chi connectivity index (χ3v) is 5.54. The largest absolute Gasteiger partial charge is 0.346 e. The molecule has 5 heteroatoms. The highest BCUT2D eigenvalue weighted by atomic mass is 16.2. The van der Waals surface area contributed by atoms with Crippen molar-refractivity contribution in [3.8, 4) is 0 Å². The fourth-order valence-electron chi connectivity index (χ4n) is 3.71. The first-order valence-corrected chi connectivity index (χ1v) is 11.2. The number of benzene rings is 2. The van der Waals surface area contributed by atoms with E-state index in [9.17, 15) is 9.59 Å². The maximum absolute atomic E-state index is 12.6. The second-order valence-electron chi connectivity index (χ2n) is 8.63. The Labute approximate surface area is 187 Å². The van der Waals surface area contributed by atoms with Crippen molar-refractivity contribution in [2.24, 2.45) is 5.92 Å². The van der Waals surface area contributed by atoms with Gasteiger partial charge in [-0.25, -0.2) is 0 Å². The molecule has 3 N–H and O–H groups in total. The molecule has 0 saturated heterocycles. The zero-order valence-electron chi connectivity index (χ0n) is 19.7. The van der Waals surface area contributed by atoms with Crippen molar-refractivity contribution in [2.75, 3.05) is 11.9 Å². The van der Waals surface area contributed by atoms with Crippen molar-refractivity contribution in [1.29, 1.82) is 0 Å². The van der Waals surface area contributed by atoms with Gasteiger partial charge >= 0.3 is 0 Å². The molecule has 0 fully saturated rings. The number of hydrogen-bond acceptors (Lipinski definition) is 3. The predicted molar refractivity (Wildman–Crippen MR) is 128 cm³/mol. The van der Waals surface area contributed by atoms with Gasteiger partial charge in [0, 0.05) is 11.7 Å². The monoisotopic (exact) mass is 423 g/mol. The fourth-order valence-corrected chi connectivity index (χ4v) is 3.71. The molecule has 2 aromatic rings. The van der Waals surface area contributed by atoms with E-state index in [1.807, 2.05) is 39.0 Å². The minimum Gasteiger partial charge on any atom is -0.346 e. The van der Waals surface area contributed by atoms with Crippen molar-refractivity contribution >= 4 is 17.5 Å². The Morgan fingerprint density at radius 2 is 1.55 bits per heavy atom. The summed E-state index contributed by atoms with van der Waals surface area (Å²) in [7, 11) is 0. The summed E-state index contributed by atoms with van der Waals surface area (Å²) in [6, 6.07) is 14.1. The lowest BCUT2D eigenvalue weighted by molar-refractivity contribution is -0.125. The molecule has 0 spiro atoms. The van der Waals surface area contributed by atoms with E-state index in [-0.39, 0.29) is 24.4 Å². The standard InChI is InChI=1S/C26H37N3O2/c1-7-9-21-12-14-22(15-13-21)24(17(2)3)28-20(6)26(31)27-16-23(30)29-25-18(4)10-8-11-19(25)5/h8,10-15,17,20,24,28H,7,9,16H2,1-6H3,(H,27,31)(H,29,30)/t20-,24-/m0/s1.